The van der Waals surface area contributed by atoms with Crippen molar-refractivity contribution in [1.82, 2.24) is 0 Å². The fourth-order valence-corrected chi connectivity index (χ4v) is 7.86. The molecule has 0 spiro atoms. The quantitative estimate of drug-likeness (QED) is 0.632. The Kier molecular flexibility index (Phi) is 5.12. The van der Waals surface area contributed by atoms with Crippen molar-refractivity contribution in [3.8, 4) is 0 Å². The number of aryl methyl sites for hydroxylation is 3. The minimum atomic E-state index is -0.515. The Morgan fingerprint density at radius 3 is 1.81 bits per heavy atom. The van der Waals surface area contributed by atoms with E-state index in [1.54, 1.807) is 16.3 Å². The molecule has 3 rings (SSSR count). The van der Waals surface area contributed by atoms with Crippen LogP contribution in [0.25, 0.3) is 0 Å². The Morgan fingerprint density at radius 2 is 1.27 bits per heavy atom. The highest BCUT2D eigenvalue weighted by atomic mass is 28.2. The molecule has 0 radical (unpaired) electrons. The van der Waals surface area contributed by atoms with E-state index in [0.717, 1.165) is 6.42 Å². The summed E-state index contributed by atoms with van der Waals surface area (Å²) in [6.07, 6.45) is 1.14. The highest BCUT2D eigenvalue weighted by molar-refractivity contribution is 6.59. The van der Waals surface area contributed by atoms with E-state index in [2.05, 4.69) is 90.9 Å². The summed E-state index contributed by atoms with van der Waals surface area (Å²) >= 11 is 0. The van der Waals surface area contributed by atoms with Crippen molar-refractivity contribution in [3.05, 3.63) is 87.0 Å². The summed E-state index contributed by atoms with van der Waals surface area (Å²) in [5, 5.41) is 1.83. The molecule has 1 aliphatic carbocycles. The Morgan fingerprint density at radius 1 is 0.692 bits per heavy atom. The molecule has 0 bridgehead atoms. The van der Waals surface area contributed by atoms with Crippen LogP contribution < -0.4 is 5.19 Å². The maximum absolute atomic E-state index is 2.43. The summed E-state index contributed by atoms with van der Waals surface area (Å²) in [5.41, 5.74) is 11.9. The first-order valence-electron chi connectivity index (χ1n) is 9.72. The van der Waals surface area contributed by atoms with Gasteiger partial charge >= 0.3 is 0 Å². The number of hydrogen-bond donors (Lipinski definition) is 0. The van der Waals surface area contributed by atoms with E-state index >= 15 is 0 Å². The lowest BCUT2D eigenvalue weighted by Crippen LogP contribution is -2.33. The molecule has 0 atom stereocenters. The minimum Gasteiger partial charge on any atom is -0.0650 e. The lowest BCUT2D eigenvalue weighted by molar-refractivity contribution is 0.736. The predicted octanol–water partition coefficient (Wildman–Crippen LogP) is 5.49. The van der Waals surface area contributed by atoms with Gasteiger partial charge in [-0.3, -0.25) is 0 Å². The van der Waals surface area contributed by atoms with Gasteiger partial charge in [-0.25, -0.2) is 0 Å². The standard InChI is InChI=1S/C25H32Si/c1-16-9-8-10-23(12-16)15-25(21(6)19(4)20(5)22(25)7)26-24-13-17(2)11-18(3)14-24/h8-14H,15,26H2,1-7H3. The van der Waals surface area contributed by atoms with E-state index in [-0.39, 0.29) is 5.04 Å². The largest absolute Gasteiger partial charge is 0.0713 e. The van der Waals surface area contributed by atoms with Gasteiger partial charge in [0.25, 0.3) is 0 Å². The Balaban J connectivity index is 2.11. The molecular formula is C25H32Si. The van der Waals surface area contributed by atoms with E-state index in [0.29, 0.717) is 0 Å². The van der Waals surface area contributed by atoms with Crippen LogP contribution in [0, 0.1) is 20.8 Å². The molecule has 0 saturated carbocycles. The molecule has 136 valence electrons. The number of rotatable bonds is 4. The van der Waals surface area contributed by atoms with E-state index in [1.807, 2.05) is 0 Å². The topological polar surface area (TPSA) is 0 Å². The van der Waals surface area contributed by atoms with Gasteiger partial charge < -0.3 is 0 Å². The van der Waals surface area contributed by atoms with Crippen molar-refractivity contribution >= 4 is 14.7 Å². The maximum atomic E-state index is 2.43. The highest BCUT2D eigenvalue weighted by Gasteiger charge is 2.40. The molecular weight excluding hydrogens is 328 g/mol. The van der Waals surface area contributed by atoms with Gasteiger partial charge in [-0.2, -0.15) is 0 Å². The van der Waals surface area contributed by atoms with Gasteiger partial charge in [-0.05, 0) is 71.6 Å². The van der Waals surface area contributed by atoms with Gasteiger partial charge in [-0.15, -0.1) is 0 Å². The Labute approximate surface area is 161 Å². The summed E-state index contributed by atoms with van der Waals surface area (Å²) in [6.45, 7) is 16.1. The molecule has 26 heavy (non-hydrogen) atoms. The molecule has 0 fully saturated rings. The van der Waals surface area contributed by atoms with Gasteiger partial charge in [-0.1, -0.05) is 75.5 Å². The van der Waals surface area contributed by atoms with Crippen LogP contribution in [0.15, 0.2) is 64.8 Å². The van der Waals surface area contributed by atoms with Crippen LogP contribution in [0.1, 0.15) is 49.9 Å². The Hall–Kier alpha value is -1.86. The lowest BCUT2D eigenvalue weighted by atomic mass is 9.88. The molecule has 0 saturated heterocycles. The fourth-order valence-electron chi connectivity index (χ4n) is 4.84. The summed E-state index contributed by atoms with van der Waals surface area (Å²) in [5.74, 6) is 0. The van der Waals surface area contributed by atoms with Crippen molar-refractivity contribution in [1.29, 1.82) is 0 Å². The van der Waals surface area contributed by atoms with Crippen molar-refractivity contribution in [2.24, 2.45) is 0 Å². The second kappa shape index (κ2) is 7.04. The van der Waals surface area contributed by atoms with Crippen LogP contribution in [-0.2, 0) is 6.42 Å². The van der Waals surface area contributed by atoms with E-state index in [1.165, 1.54) is 33.4 Å². The van der Waals surface area contributed by atoms with Gasteiger partial charge in [0.2, 0.25) is 0 Å². The molecule has 0 heterocycles. The van der Waals surface area contributed by atoms with E-state index < -0.39 is 9.52 Å². The van der Waals surface area contributed by atoms with Crippen molar-refractivity contribution in [2.45, 2.75) is 59.9 Å². The fraction of sp³-hybridized carbons (Fsp3) is 0.360. The van der Waals surface area contributed by atoms with Crippen molar-refractivity contribution in [2.75, 3.05) is 0 Å². The van der Waals surface area contributed by atoms with E-state index in [9.17, 15) is 0 Å². The van der Waals surface area contributed by atoms with Crippen molar-refractivity contribution in [3.63, 3.8) is 0 Å². The third-order valence-corrected chi connectivity index (χ3v) is 9.23. The third-order valence-electron chi connectivity index (χ3n) is 6.50. The van der Waals surface area contributed by atoms with Crippen molar-refractivity contribution < 1.29 is 0 Å². The SMILES string of the molecule is CC1=C(C)C(Cc2cccc(C)c2)([SiH2]c2cc(C)cc(C)c2)C(C)=C1C. The first-order valence-corrected chi connectivity index (χ1v) is 11.1. The molecule has 0 nitrogen and oxygen atoms in total. The minimum absolute atomic E-state index is 0.238. The van der Waals surface area contributed by atoms with Gasteiger partial charge in [0.15, 0.2) is 0 Å². The van der Waals surface area contributed by atoms with Crippen LogP contribution >= 0.6 is 0 Å². The van der Waals surface area contributed by atoms with Gasteiger partial charge in [0.1, 0.15) is 0 Å². The Bertz CT molecular complexity index is 867. The number of benzene rings is 2. The molecule has 0 unspecified atom stereocenters. The zero-order valence-corrected chi connectivity index (χ0v) is 18.9. The predicted molar refractivity (Wildman–Crippen MR) is 118 cm³/mol. The van der Waals surface area contributed by atoms with Crippen LogP contribution in [0.4, 0.5) is 0 Å². The molecule has 2 aromatic carbocycles. The zero-order chi connectivity index (χ0) is 19.1. The second-order valence-corrected chi connectivity index (χ2v) is 10.8. The molecule has 0 aromatic heterocycles. The average molecular weight is 361 g/mol. The van der Waals surface area contributed by atoms with Crippen LogP contribution in [0.3, 0.4) is 0 Å². The maximum Gasteiger partial charge on any atom is 0.0713 e. The monoisotopic (exact) mass is 360 g/mol. The smallest absolute Gasteiger partial charge is 0.0650 e. The zero-order valence-electron chi connectivity index (χ0n) is 17.5. The average Bonchev–Trinajstić information content (AvgIpc) is 2.70. The summed E-state index contributed by atoms with van der Waals surface area (Å²) in [6, 6.07) is 16.3. The van der Waals surface area contributed by atoms with E-state index in [4.69, 9.17) is 0 Å². The molecule has 0 N–H and O–H groups in total. The second-order valence-electron chi connectivity index (χ2n) is 8.42. The highest BCUT2D eigenvalue weighted by Crippen LogP contribution is 2.53. The molecule has 2 aromatic rings. The summed E-state index contributed by atoms with van der Waals surface area (Å²) < 4.78 is 0. The summed E-state index contributed by atoms with van der Waals surface area (Å²) in [7, 11) is -0.515. The molecule has 1 aliphatic rings. The molecule has 1 heteroatoms. The number of hydrogen-bond acceptors (Lipinski definition) is 0. The molecule has 0 amide bonds. The first kappa shape index (κ1) is 18.9. The normalized spacial score (nSPS) is 17.0. The lowest BCUT2D eigenvalue weighted by Gasteiger charge is -2.34. The van der Waals surface area contributed by atoms with Crippen LogP contribution in [0.5, 0.6) is 0 Å². The van der Waals surface area contributed by atoms with Crippen LogP contribution in [0.2, 0.25) is 5.04 Å². The summed E-state index contributed by atoms with van der Waals surface area (Å²) in [4.78, 5) is 0. The van der Waals surface area contributed by atoms with Crippen LogP contribution in [-0.4, -0.2) is 9.52 Å². The molecule has 0 aliphatic heterocycles. The number of allylic oxidation sites excluding steroid dienone is 4. The first-order chi connectivity index (χ1) is 12.2. The van der Waals surface area contributed by atoms with Gasteiger partial charge in [0, 0.05) is 5.04 Å². The van der Waals surface area contributed by atoms with Gasteiger partial charge in [0.05, 0.1) is 9.52 Å². The third kappa shape index (κ3) is 3.37.